The third-order valence-corrected chi connectivity index (χ3v) is 6.28. The van der Waals surface area contributed by atoms with E-state index in [1.165, 1.54) is 16.0 Å². The molecule has 148 valence electrons. The highest BCUT2D eigenvalue weighted by atomic mass is 32.1. The quantitative estimate of drug-likeness (QED) is 0.714. The van der Waals surface area contributed by atoms with Crippen LogP contribution in [0.1, 0.15) is 28.8 Å². The Kier molecular flexibility index (Phi) is 5.13. The molecule has 4 rings (SSSR count). The second-order valence-electron chi connectivity index (χ2n) is 7.24. The van der Waals surface area contributed by atoms with E-state index in [9.17, 15) is 4.79 Å². The number of thiazole rings is 1. The van der Waals surface area contributed by atoms with Crippen molar-refractivity contribution in [2.45, 2.75) is 26.4 Å². The summed E-state index contributed by atoms with van der Waals surface area (Å²) in [6.07, 6.45) is 3.82. The molecule has 0 saturated carbocycles. The third-order valence-electron chi connectivity index (χ3n) is 5.37. The Balaban J connectivity index is 1.62. The summed E-state index contributed by atoms with van der Waals surface area (Å²) in [7, 11) is 3.71. The highest BCUT2D eigenvalue weighted by Crippen LogP contribution is 2.27. The third kappa shape index (κ3) is 3.41. The molecule has 9 heteroatoms. The minimum absolute atomic E-state index is 0.0999. The van der Waals surface area contributed by atoms with Crippen LogP contribution in [0.5, 0.6) is 0 Å². The average molecular weight is 400 g/mol. The number of nitrogens with zero attached hydrogens (tertiary/aromatic N) is 6. The van der Waals surface area contributed by atoms with Crippen LogP contribution in [0.15, 0.2) is 22.6 Å². The summed E-state index contributed by atoms with van der Waals surface area (Å²) in [5, 5.41) is 10.5. The van der Waals surface area contributed by atoms with E-state index in [1.807, 2.05) is 33.3 Å². The predicted octanol–water partition coefficient (Wildman–Crippen LogP) is 1.40. The molecule has 0 aliphatic carbocycles. The second kappa shape index (κ2) is 7.57. The van der Waals surface area contributed by atoms with E-state index in [0.717, 1.165) is 54.0 Å². The van der Waals surface area contributed by atoms with Gasteiger partial charge in [-0.15, -0.1) is 11.3 Å². The monoisotopic (exact) mass is 399 g/mol. The number of aryl methyl sites for hydroxylation is 3. The Hall–Kier alpha value is -2.36. The first kappa shape index (κ1) is 19.0. The first-order valence-corrected chi connectivity index (χ1v) is 10.2. The molecule has 0 spiro atoms. The molecule has 1 unspecified atom stereocenters. The van der Waals surface area contributed by atoms with Crippen LogP contribution in [0.4, 0.5) is 0 Å². The van der Waals surface area contributed by atoms with Gasteiger partial charge in [-0.05, 0) is 19.4 Å². The average Bonchev–Trinajstić information content (AvgIpc) is 3.30. The van der Waals surface area contributed by atoms with Crippen molar-refractivity contribution in [2.24, 2.45) is 14.1 Å². The standard InChI is InChI=1S/C19H25N7OS/c1-12-13(2)23-25(4)19(27)16(12)18-22-14(11-28-18)10-26-8-5-20-9-15(26)17-21-6-7-24(17)3/h6-7,11,15,20H,5,8-10H2,1-4H3. The van der Waals surface area contributed by atoms with Crippen LogP contribution in [0, 0.1) is 13.8 Å². The van der Waals surface area contributed by atoms with Crippen LogP contribution in [0.3, 0.4) is 0 Å². The number of rotatable bonds is 4. The second-order valence-corrected chi connectivity index (χ2v) is 8.10. The molecule has 3 aromatic rings. The van der Waals surface area contributed by atoms with Crippen molar-refractivity contribution in [1.82, 2.24) is 34.5 Å². The minimum atomic E-state index is -0.0999. The molecule has 28 heavy (non-hydrogen) atoms. The molecule has 1 fully saturated rings. The number of piperazine rings is 1. The van der Waals surface area contributed by atoms with Gasteiger partial charge in [0.1, 0.15) is 10.8 Å². The Morgan fingerprint density at radius 3 is 2.89 bits per heavy atom. The zero-order valence-electron chi connectivity index (χ0n) is 16.6. The molecule has 1 saturated heterocycles. The van der Waals surface area contributed by atoms with E-state index >= 15 is 0 Å². The molecule has 8 nitrogen and oxygen atoms in total. The Morgan fingerprint density at radius 1 is 1.32 bits per heavy atom. The summed E-state index contributed by atoms with van der Waals surface area (Å²) in [5.74, 6) is 1.05. The smallest absolute Gasteiger partial charge is 0.277 e. The summed E-state index contributed by atoms with van der Waals surface area (Å²) < 4.78 is 3.47. The first-order chi connectivity index (χ1) is 13.5. The molecular weight excluding hydrogens is 374 g/mol. The summed E-state index contributed by atoms with van der Waals surface area (Å²) in [4.78, 5) is 24.4. The van der Waals surface area contributed by atoms with Gasteiger partial charge in [0.25, 0.3) is 5.56 Å². The highest BCUT2D eigenvalue weighted by molar-refractivity contribution is 7.13. The van der Waals surface area contributed by atoms with Gasteiger partial charge < -0.3 is 9.88 Å². The van der Waals surface area contributed by atoms with Gasteiger partial charge in [0.15, 0.2) is 0 Å². The SMILES string of the molecule is Cc1nn(C)c(=O)c(-c2nc(CN3CCNCC3c3nccn3C)cs2)c1C. The number of hydrogen-bond donors (Lipinski definition) is 1. The number of hydrogen-bond acceptors (Lipinski definition) is 7. The largest absolute Gasteiger partial charge is 0.337 e. The highest BCUT2D eigenvalue weighted by Gasteiger charge is 2.27. The van der Waals surface area contributed by atoms with Gasteiger partial charge in [-0.2, -0.15) is 5.10 Å². The maximum Gasteiger partial charge on any atom is 0.277 e. The molecule has 4 heterocycles. The van der Waals surface area contributed by atoms with Crippen LogP contribution in [-0.4, -0.2) is 48.8 Å². The molecule has 3 aromatic heterocycles. The maximum atomic E-state index is 12.6. The lowest BCUT2D eigenvalue weighted by atomic mass is 10.1. The van der Waals surface area contributed by atoms with E-state index in [1.54, 1.807) is 7.05 Å². The lowest BCUT2D eigenvalue weighted by Crippen LogP contribution is -2.46. The molecule has 0 radical (unpaired) electrons. The number of imidazole rings is 1. The fourth-order valence-electron chi connectivity index (χ4n) is 3.69. The Bertz CT molecular complexity index is 1050. The zero-order valence-corrected chi connectivity index (χ0v) is 17.5. The van der Waals surface area contributed by atoms with E-state index in [2.05, 4.69) is 30.2 Å². The minimum Gasteiger partial charge on any atom is -0.337 e. The van der Waals surface area contributed by atoms with Gasteiger partial charge in [0.05, 0.1) is 23.0 Å². The summed E-state index contributed by atoms with van der Waals surface area (Å²) in [5.41, 5.74) is 3.30. The van der Waals surface area contributed by atoms with E-state index in [4.69, 9.17) is 4.98 Å². The number of aromatic nitrogens is 5. The fourth-order valence-corrected chi connectivity index (χ4v) is 4.59. The van der Waals surface area contributed by atoms with Crippen molar-refractivity contribution >= 4 is 11.3 Å². The van der Waals surface area contributed by atoms with Crippen molar-refractivity contribution in [3.05, 3.63) is 50.9 Å². The summed E-state index contributed by atoms with van der Waals surface area (Å²) >= 11 is 1.52. The lowest BCUT2D eigenvalue weighted by molar-refractivity contribution is 0.143. The van der Waals surface area contributed by atoms with Crippen molar-refractivity contribution in [3.63, 3.8) is 0 Å². The molecule has 0 aromatic carbocycles. The van der Waals surface area contributed by atoms with Gasteiger partial charge in [0, 0.05) is 58.0 Å². The van der Waals surface area contributed by atoms with E-state index in [-0.39, 0.29) is 11.6 Å². The molecular formula is C19H25N7OS. The molecule has 1 aliphatic rings. The molecule has 0 bridgehead atoms. The predicted molar refractivity (Wildman–Crippen MR) is 109 cm³/mol. The van der Waals surface area contributed by atoms with Crippen LogP contribution in [0.2, 0.25) is 0 Å². The summed E-state index contributed by atoms with van der Waals surface area (Å²) in [6.45, 7) is 7.34. The Labute approximate surface area is 167 Å². The van der Waals surface area contributed by atoms with Crippen LogP contribution < -0.4 is 10.9 Å². The van der Waals surface area contributed by atoms with Crippen LogP contribution in [0.25, 0.3) is 10.6 Å². The lowest BCUT2D eigenvalue weighted by Gasteiger charge is -2.35. The molecule has 1 aliphatic heterocycles. The molecule has 0 amide bonds. The van der Waals surface area contributed by atoms with Crippen LogP contribution >= 0.6 is 11.3 Å². The van der Waals surface area contributed by atoms with Gasteiger partial charge in [-0.1, -0.05) is 0 Å². The van der Waals surface area contributed by atoms with Gasteiger partial charge in [-0.3, -0.25) is 9.69 Å². The first-order valence-electron chi connectivity index (χ1n) is 9.37. The van der Waals surface area contributed by atoms with Gasteiger partial charge in [0.2, 0.25) is 0 Å². The van der Waals surface area contributed by atoms with Crippen LogP contribution in [-0.2, 0) is 20.6 Å². The van der Waals surface area contributed by atoms with Gasteiger partial charge in [-0.25, -0.2) is 14.6 Å². The van der Waals surface area contributed by atoms with Crippen molar-refractivity contribution in [1.29, 1.82) is 0 Å². The van der Waals surface area contributed by atoms with E-state index in [0.29, 0.717) is 5.56 Å². The topological polar surface area (TPSA) is 80.9 Å². The van der Waals surface area contributed by atoms with Crippen molar-refractivity contribution in [3.8, 4) is 10.6 Å². The molecule has 1 atom stereocenters. The van der Waals surface area contributed by atoms with E-state index < -0.39 is 0 Å². The Morgan fingerprint density at radius 2 is 2.14 bits per heavy atom. The van der Waals surface area contributed by atoms with Crippen molar-refractivity contribution < 1.29 is 0 Å². The van der Waals surface area contributed by atoms with Gasteiger partial charge >= 0.3 is 0 Å². The number of nitrogens with one attached hydrogen (secondary N) is 1. The normalized spacial score (nSPS) is 17.9. The fraction of sp³-hybridized carbons (Fsp3) is 0.474. The maximum absolute atomic E-state index is 12.6. The van der Waals surface area contributed by atoms with Crippen molar-refractivity contribution in [2.75, 3.05) is 19.6 Å². The molecule has 1 N–H and O–H groups in total. The summed E-state index contributed by atoms with van der Waals surface area (Å²) in [6, 6.07) is 0.205. The zero-order chi connectivity index (χ0) is 19.8.